The van der Waals surface area contributed by atoms with E-state index in [1.807, 2.05) is 56.6 Å². The van der Waals surface area contributed by atoms with E-state index in [0.29, 0.717) is 11.4 Å². The van der Waals surface area contributed by atoms with Crippen LogP contribution in [0.3, 0.4) is 0 Å². The Labute approximate surface area is 257 Å². The van der Waals surface area contributed by atoms with Crippen molar-refractivity contribution in [1.82, 2.24) is 20.1 Å². The number of aliphatic hydroxyl groups is 1. The summed E-state index contributed by atoms with van der Waals surface area (Å²) in [6.07, 6.45) is -0.552. The van der Waals surface area contributed by atoms with Crippen molar-refractivity contribution in [1.29, 1.82) is 0 Å². The first-order chi connectivity index (χ1) is 20.5. The Morgan fingerprint density at radius 3 is 2.60 bits per heavy atom. The van der Waals surface area contributed by atoms with Gasteiger partial charge in [0.25, 0.3) is 11.8 Å². The Hall–Kier alpha value is -3.76. The highest BCUT2D eigenvalue weighted by atomic mass is 32.1. The van der Waals surface area contributed by atoms with Crippen molar-refractivity contribution in [2.75, 3.05) is 6.54 Å². The topological polar surface area (TPSA) is 115 Å². The number of carbonyl (C=O) groups is 3. The monoisotopic (exact) mass is 592 g/mol. The van der Waals surface area contributed by atoms with E-state index < -0.39 is 23.7 Å². The third kappa shape index (κ3) is 5.00. The van der Waals surface area contributed by atoms with Crippen LogP contribution in [0, 0.1) is 12.8 Å². The highest BCUT2D eigenvalue weighted by Gasteiger charge is 2.49. The number of amides is 3. The van der Waals surface area contributed by atoms with Gasteiger partial charge in [-0.05, 0) is 42.5 Å². The third-order valence-corrected chi connectivity index (χ3v) is 9.71. The van der Waals surface area contributed by atoms with E-state index in [2.05, 4.69) is 10.3 Å². The SMILES string of the molecule is [B][B]c1ccc2c(c1)CN(C(C(=O)N1CC(O)CC1C1=NC(C)(c3ccc(-c4scnc4C)cc3)C(=O)N1)C(C)C)C2=O. The smallest absolute Gasteiger partial charge is 0.257 e. The Bertz CT molecular complexity index is 1640. The first-order valence-corrected chi connectivity index (χ1v) is 15.3. The minimum absolute atomic E-state index is 0.0858. The van der Waals surface area contributed by atoms with Gasteiger partial charge in [-0.2, -0.15) is 0 Å². The van der Waals surface area contributed by atoms with Crippen LogP contribution in [0.1, 0.15) is 54.4 Å². The number of likely N-dealkylation sites (tertiary alicyclic amines) is 1. The van der Waals surface area contributed by atoms with Crippen LogP contribution >= 0.6 is 11.3 Å². The van der Waals surface area contributed by atoms with Gasteiger partial charge in [-0.3, -0.25) is 14.4 Å². The predicted molar refractivity (Wildman–Crippen MR) is 167 cm³/mol. The summed E-state index contributed by atoms with van der Waals surface area (Å²) >= 11 is 1.56. The maximum atomic E-state index is 14.2. The number of hydrogen-bond acceptors (Lipinski definition) is 7. The molecule has 1 aromatic heterocycles. The van der Waals surface area contributed by atoms with Crippen LogP contribution in [0.2, 0.25) is 0 Å². The highest BCUT2D eigenvalue weighted by molar-refractivity contribution is 7.13. The normalized spacial score (nSPS) is 23.9. The van der Waals surface area contributed by atoms with Gasteiger partial charge in [-0.15, -0.1) is 11.3 Å². The third-order valence-electron chi connectivity index (χ3n) is 8.73. The van der Waals surface area contributed by atoms with Crippen molar-refractivity contribution in [2.24, 2.45) is 10.9 Å². The molecule has 4 heterocycles. The van der Waals surface area contributed by atoms with Crippen LogP contribution in [0.25, 0.3) is 10.4 Å². The van der Waals surface area contributed by atoms with Gasteiger partial charge in [-0.1, -0.05) is 55.7 Å². The number of hydrogen-bond donors (Lipinski definition) is 2. The van der Waals surface area contributed by atoms with Crippen LogP contribution in [-0.4, -0.2) is 83.1 Å². The summed E-state index contributed by atoms with van der Waals surface area (Å²) in [7, 11) is 7.17. The number of fused-ring (bicyclic) bond motifs is 1. The average molecular weight is 592 g/mol. The summed E-state index contributed by atoms with van der Waals surface area (Å²) in [6, 6.07) is 11.7. The molecule has 0 saturated carbocycles. The number of thiazole rings is 1. The minimum atomic E-state index is -1.19. The van der Waals surface area contributed by atoms with Gasteiger partial charge in [0.15, 0.2) is 5.54 Å². The van der Waals surface area contributed by atoms with E-state index in [9.17, 15) is 19.5 Å². The molecule has 0 bridgehead atoms. The Balaban J connectivity index is 1.27. The van der Waals surface area contributed by atoms with Crippen molar-refractivity contribution in [3.05, 3.63) is 70.4 Å². The lowest BCUT2D eigenvalue weighted by molar-refractivity contribution is -0.138. The minimum Gasteiger partial charge on any atom is -0.391 e. The predicted octanol–water partition coefficient (Wildman–Crippen LogP) is 1.92. The number of aliphatic imine (C=N–C) groups is 1. The summed E-state index contributed by atoms with van der Waals surface area (Å²) in [4.78, 5) is 54.5. The van der Waals surface area contributed by atoms with Crippen LogP contribution in [0.4, 0.5) is 0 Å². The Morgan fingerprint density at radius 2 is 1.95 bits per heavy atom. The number of benzene rings is 2. The summed E-state index contributed by atoms with van der Waals surface area (Å²) in [5, 5.41) is 13.6. The second-order valence-corrected chi connectivity index (χ2v) is 12.8. The molecule has 3 amide bonds. The molecule has 3 aliphatic heterocycles. The van der Waals surface area contributed by atoms with Crippen molar-refractivity contribution in [3.8, 4) is 10.4 Å². The molecule has 0 aliphatic carbocycles. The first-order valence-electron chi connectivity index (χ1n) is 14.4. The van der Waals surface area contributed by atoms with Gasteiger partial charge in [0, 0.05) is 32.8 Å². The fraction of sp³-hybridized carbons (Fsp3) is 0.387. The molecule has 4 atom stereocenters. The molecule has 0 spiro atoms. The number of rotatable bonds is 7. The van der Waals surface area contributed by atoms with Crippen molar-refractivity contribution < 1.29 is 19.5 Å². The zero-order valence-corrected chi connectivity index (χ0v) is 25.4. The number of amidine groups is 1. The molecule has 4 unspecified atom stereocenters. The van der Waals surface area contributed by atoms with E-state index in [1.165, 1.54) is 7.17 Å². The van der Waals surface area contributed by atoms with Crippen LogP contribution < -0.4 is 10.8 Å². The largest absolute Gasteiger partial charge is 0.391 e. The Morgan fingerprint density at radius 1 is 1.21 bits per heavy atom. The summed E-state index contributed by atoms with van der Waals surface area (Å²) in [6.45, 7) is 7.90. The highest BCUT2D eigenvalue weighted by Crippen LogP contribution is 2.36. The first kappa shape index (κ1) is 29.3. The zero-order chi connectivity index (χ0) is 30.6. The second kappa shape index (κ2) is 11.1. The van der Waals surface area contributed by atoms with E-state index in [0.717, 1.165) is 32.7 Å². The number of carbonyl (C=O) groups excluding carboxylic acids is 3. The fourth-order valence-corrected chi connectivity index (χ4v) is 7.20. The maximum absolute atomic E-state index is 14.2. The molecule has 3 aliphatic rings. The van der Waals surface area contributed by atoms with Crippen LogP contribution in [0.5, 0.6) is 0 Å². The molecule has 3 aromatic rings. The van der Waals surface area contributed by atoms with Gasteiger partial charge in [-0.25, -0.2) is 9.98 Å². The van der Waals surface area contributed by atoms with Crippen LogP contribution in [-0.2, 0) is 21.7 Å². The molecule has 2 aromatic carbocycles. The van der Waals surface area contributed by atoms with Crippen molar-refractivity contribution in [2.45, 2.75) is 64.4 Å². The van der Waals surface area contributed by atoms with Gasteiger partial charge < -0.3 is 20.2 Å². The fourth-order valence-electron chi connectivity index (χ4n) is 6.39. The molecule has 1 fully saturated rings. The van der Waals surface area contributed by atoms with E-state index in [-0.39, 0.29) is 43.1 Å². The molecule has 2 N–H and O–H groups in total. The zero-order valence-electron chi connectivity index (χ0n) is 24.6. The van der Waals surface area contributed by atoms with Gasteiger partial charge in [0.05, 0.1) is 35.4 Å². The molecule has 9 nitrogen and oxygen atoms in total. The average Bonchev–Trinajstić information content (AvgIpc) is 3.74. The number of aliphatic hydroxyl groups excluding tert-OH is 1. The number of nitrogens with zero attached hydrogens (tertiary/aromatic N) is 4. The number of β-amino-alcohol motifs (C(OH)–C–C–N with tert-alkyl or cyclic N) is 1. The summed E-state index contributed by atoms with van der Waals surface area (Å²) in [5.41, 5.74) is 5.48. The molecule has 43 heavy (non-hydrogen) atoms. The second-order valence-electron chi connectivity index (χ2n) is 12.0. The lowest BCUT2D eigenvalue weighted by Crippen LogP contribution is -2.55. The maximum Gasteiger partial charge on any atom is 0.257 e. The molecule has 6 rings (SSSR count). The summed E-state index contributed by atoms with van der Waals surface area (Å²) in [5.74, 6) is -0.635. The van der Waals surface area contributed by atoms with E-state index >= 15 is 0 Å². The molecule has 3 radical (unpaired) electrons. The number of aryl methyl sites for hydroxylation is 1. The van der Waals surface area contributed by atoms with Gasteiger partial charge in [0.2, 0.25) is 5.91 Å². The lowest BCUT2D eigenvalue weighted by atomic mass is 9.51. The van der Waals surface area contributed by atoms with Crippen molar-refractivity contribution in [3.63, 3.8) is 0 Å². The van der Waals surface area contributed by atoms with Gasteiger partial charge >= 0.3 is 0 Å². The quantitative estimate of drug-likeness (QED) is 0.407. The summed E-state index contributed by atoms with van der Waals surface area (Å²) < 4.78 is 0. The number of nitrogens with one attached hydrogen (secondary N) is 1. The van der Waals surface area contributed by atoms with Crippen molar-refractivity contribution >= 4 is 55.3 Å². The molecular weight excluding hydrogens is 560 g/mol. The van der Waals surface area contributed by atoms with Crippen LogP contribution in [0.15, 0.2) is 53.0 Å². The Kier molecular flexibility index (Phi) is 7.54. The molecule has 1 saturated heterocycles. The standard InChI is InChI=1S/C31H32B2N5O4S/c1-16(2)25(38-13-19-11-21(33-32)9-10-23(19)28(38)40)29(41)37-14-22(39)12-24(37)27-35-30(42)31(4,36-27)20-7-5-18(6-8-20)26-17(3)34-15-43-26/h5-11,15-16,22,24-25,39H,12-14H2,1-4H3,(H,35,36,42). The lowest BCUT2D eigenvalue weighted by Gasteiger charge is -2.35. The number of aromatic nitrogens is 1. The van der Waals surface area contributed by atoms with E-state index in [4.69, 9.17) is 12.7 Å². The van der Waals surface area contributed by atoms with E-state index in [1.54, 1.807) is 40.2 Å². The molecular formula is C31H32B2N5O4S. The molecule has 12 heteroatoms. The van der Waals surface area contributed by atoms with Gasteiger partial charge in [0.1, 0.15) is 11.9 Å². The molecule has 217 valence electrons.